The second-order valence-corrected chi connectivity index (χ2v) is 9.94. The van der Waals surface area contributed by atoms with Crippen molar-refractivity contribution in [1.29, 1.82) is 0 Å². The van der Waals surface area contributed by atoms with Crippen LogP contribution >= 0.6 is 11.3 Å². The fraction of sp³-hybridized carbons (Fsp3) is 0.207. The summed E-state index contributed by atoms with van der Waals surface area (Å²) in [6.07, 6.45) is 0. The van der Waals surface area contributed by atoms with Crippen LogP contribution in [0.15, 0.2) is 60.2 Å². The van der Waals surface area contributed by atoms with Gasteiger partial charge in [0, 0.05) is 11.1 Å². The van der Waals surface area contributed by atoms with E-state index in [4.69, 9.17) is 14.2 Å². The van der Waals surface area contributed by atoms with Crippen LogP contribution in [0.5, 0.6) is 17.2 Å². The third kappa shape index (κ3) is 4.14. The van der Waals surface area contributed by atoms with Gasteiger partial charge >= 0.3 is 5.91 Å². The van der Waals surface area contributed by atoms with Crippen LogP contribution in [0.4, 0.5) is 5.13 Å². The number of rotatable bonds is 6. The largest absolute Gasteiger partial charge is 0.507 e. The van der Waals surface area contributed by atoms with Crippen LogP contribution in [-0.4, -0.2) is 43.1 Å². The Morgan fingerprint density at radius 3 is 2.34 bits per heavy atom. The van der Waals surface area contributed by atoms with Crippen LogP contribution < -0.4 is 19.1 Å². The molecule has 1 aromatic heterocycles. The molecule has 1 aliphatic rings. The van der Waals surface area contributed by atoms with Crippen LogP contribution in [0.25, 0.3) is 16.0 Å². The molecule has 1 saturated heterocycles. The van der Waals surface area contributed by atoms with E-state index in [1.165, 1.54) is 30.5 Å². The molecular formula is C29H26N2O6S. The molecule has 2 heterocycles. The number of nitrogens with zero attached hydrogens (tertiary/aromatic N) is 2. The first-order valence-corrected chi connectivity index (χ1v) is 12.6. The van der Waals surface area contributed by atoms with Crippen molar-refractivity contribution < 1.29 is 28.9 Å². The molecule has 194 valence electrons. The SMILES string of the molecule is COc1ccc(OC)c(C2/C(=C(\O)c3ccc(OC)c(C)c3)C(=O)C(=O)N2c2nc3ccc(C)cc3s2)c1. The number of fused-ring (bicyclic) bond motifs is 1. The molecule has 0 aliphatic carbocycles. The standard InChI is InChI=1S/C29H26N2O6S/c1-15-6-9-20-23(12-15)38-29(30-20)31-25(19-14-18(35-3)8-11-22(19)37-5)24(27(33)28(31)34)26(32)17-7-10-21(36-4)16(2)13-17/h6-14,25,32H,1-5H3/b26-24+. The van der Waals surface area contributed by atoms with Crippen molar-refractivity contribution in [3.63, 3.8) is 0 Å². The number of carbonyl (C=O) groups is 2. The number of benzene rings is 3. The lowest BCUT2D eigenvalue weighted by Gasteiger charge is -2.25. The third-order valence-electron chi connectivity index (χ3n) is 6.58. The molecule has 5 rings (SSSR count). The van der Waals surface area contributed by atoms with Crippen molar-refractivity contribution in [2.75, 3.05) is 26.2 Å². The molecule has 0 spiro atoms. The minimum absolute atomic E-state index is 0.0680. The summed E-state index contributed by atoms with van der Waals surface area (Å²) in [6.45, 7) is 3.81. The lowest BCUT2D eigenvalue weighted by molar-refractivity contribution is -0.132. The number of hydrogen-bond donors (Lipinski definition) is 1. The summed E-state index contributed by atoms with van der Waals surface area (Å²) < 4.78 is 17.3. The van der Waals surface area contributed by atoms with Crippen LogP contribution in [0.2, 0.25) is 0 Å². The van der Waals surface area contributed by atoms with Gasteiger partial charge in [-0.3, -0.25) is 14.5 Å². The Morgan fingerprint density at radius 1 is 0.921 bits per heavy atom. The van der Waals surface area contributed by atoms with E-state index in [0.717, 1.165) is 15.8 Å². The van der Waals surface area contributed by atoms with Gasteiger partial charge in [-0.15, -0.1) is 0 Å². The number of aliphatic hydroxyl groups is 1. The number of aromatic nitrogens is 1. The Balaban J connectivity index is 1.78. The zero-order valence-corrected chi connectivity index (χ0v) is 22.4. The molecule has 1 unspecified atom stereocenters. The summed E-state index contributed by atoms with van der Waals surface area (Å²) in [6, 6.07) is 15.0. The van der Waals surface area contributed by atoms with E-state index >= 15 is 0 Å². The summed E-state index contributed by atoms with van der Waals surface area (Å²) in [5.41, 5.74) is 3.32. The first-order chi connectivity index (χ1) is 18.3. The highest BCUT2D eigenvalue weighted by Gasteiger charge is 2.49. The monoisotopic (exact) mass is 530 g/mol. The molecule has 0 saturated carbocycles. The zero-order valence-electron chi connectivity index (χ0n) is 21.6. The predicted molar refractivity (Wildman–Crippen MR) is 146 cm³/mol. The molecule has 4 aromatic rings. The van der Waals surface area contributed by atoms with Gasteiger partial charge in [0.05, 0.1) is 37.1 Å². The minimum Gasteiger partial charge on any atom is -0.507 e. The highest BCUT2D eigenvalue weighted by molar-refractivity contribution is 7.22. The number of anilines is 1. The molecule has 0 radical (unpaired) electrons. The van der Waals surface area contributed by atoms with Gasteiger partial charge < -0.3 is 19.3 Å². The summed E-state index contributed by atoms with van der Waals surface area (Å²) >= 11 is 1.30. The minimum atomic E-state index is -1.01. The number of Topliss-reactive ketones (excluding diaryl/α,β-unsaturated/α-hetero) is 1. The van der Waals surface area contributed by atoms with Crippen molar-refractivity contribution >= 4 is 44.1 Å². The lowest BCUT2D eigenvalue weighted by Crippen LogP contribution is -2.29. The first kappa shape index (κ1) is 25.3. The van der Waals surface area contributed by atoms with E-state index < -0.39 is 17.7 Å². The number of amides is 1. The maximum absolute atomic E-state index is 13.6. The molecule has 1 atom stereocenters. The van der Waals surface area contributed by atoms with E-state index in [-0.39, 0.29) is 11.3 Å². The maximum atomic E-state index is 13.6. The molecule has 1 amide bonds. The number of ether oxygens (including phenoxy) is 3. The van der Waals surface area contributed by atoms with Gasteiger partial charge in [0.1, 0.15) is 29.0 Å². The Hall–Kier alpha value is -4.37. The summed E-state index contributed by atoms with van der Waals surface area (Å²) in [5, 5.41) is 11.8. The third-order valence-corrected chi connectivity index (χ3v) is 7.60. The Kier molecular flexibility index (Phi) is 6.54. The number of methoxy groups -OCH3 is 3. The summed E-state index contributed by atoms with van der Waals surface area (Å²) in [7, 11) is 4.59. The number of hydrogen-bond acceptors (Lipinski definition) is 8. The van der Waals surface area contributed by atoms with E-state index in [0.29, 0.717) is 39.0 Å². The lowest BCUT2D eigenvalue weighted by atomic mass is 9.94. The maximum Gasteiger partial charge on any atom is 0.301 e. The molecule has 1 N–H and O–H groups in total. The number of ketones is 1. The second kappa shape index (κ2) is 9.83. The first-order valence-electron chi connectivity index (χ1n) is 11.8. The van der Waals surface area contributed by atoms with Crippen molar-refractivity contribution in [2.24, 2.45) is 0 Å². The van der Waals surface area contributed by atoms with Crippen molar-refractivity contribution in [3.05, 3.63) is 82.4 Å². The normalized spacial score (nSPS) is 16.8. The number of aryl methyl sites for hydroxylation is 2. The highest BCUT2D eigenvalue weighted by atomic mass is 32.1. The molecule has 8 nitrogen and oxygen atoms in total. The topological polar surface area (TPSA) is 98.2 Å². The van der Waals surface area contributed by atoms with Crippen LogP contribution in [0, 0.1) is 13.8 Å². The van der Waals surface area contributed by atoms with Gasteiger partial charge in [-0.25, -0.2) is 4.98 Å². The van der Waals surface area contributed by atoms with Crippen LogP contribution in [-0.2, 0) is 9.59 Å². The predicted octanol–water partition coefficient (Wildman–Crippen LogP) is 5.57. The smallest absolute Gasteiger partial charge is 0.301 e. The van der Waals surface area contributed by atoms with E-state index in [9.17, 15) is 14.7 Å². The molecular weight excluding hydrogens is 504 g/mol. The Labute approximate surface area is 223 Å². The van der Waals surface area contributed by atoms with Gasteiger partial charge in [0.25, 0.3) is 5.78 Å². The van der Waals surface area contributed by atoms with E-state index in [2.05, 4.69) is 4.98 Å². The molecule has 0 bridgehead atoms. The van der Waals surface area contributed by atoms with Gasteiger partial charge in [0.15, 0.2) is 5.13 Å². The van der Waals surface area contributed by atoms with E-state index in [1.807, 2.05) is 32.0 Å². The summed E-state index contributed by atoms with van der Waals surface area (Å²) in [4.78, 5) is 33.2. The fourth-order valence-electron chi connectivity index (χ4n) is 4.68. The number of aliphatic hydroxyl groups excluding tert-OH is 1. The highest BCUT2D eigenvalue weighted by Crippen LogP contribution is 2.47. The van der Waals surface area contributed by atoms with Crippen LogP contribution in [0.1, 0.15) is 28.3 Å². The van der Waals surface area contributed by atoms with Crippen molar-refractivity contribution in [1.82, 2.24) is 4.98 Å². The van der Waals surface area contributed by atoms with Crippen LogP contribution in [0.3, 0.4) is 0 Å². The Morgan fingerprint density at radius 2 is 1.66 bits per heavy atom. The van der Waals surface area contributed by atoms with Gasteiger partial charge in [0.2, 0.25) is 0 Å². The fourth-order valence-corrected chi connectivity index (χ4v) is 5.77. The average Bonchev–Trinajstić information content (AvgIpc) is 3.45. The second-order valence-electron chi connectivity index (χ2n) is 8.93. The van der Waals surface area contributed by atoms with E-state index in [1.54, 1.807) is 43.5 Å². The molecule has 9 heteroatoms. The molecule has 1 fully saturated rings. The quantitative estimate of drug-likeness (QED) is 0.198. The number of carbonyl (C=O) groups excluding carboxylic acids is 2. The van der Waals surface area contributed by atoms with Crippen molar-refractivity contribution in [3.8, 4) is 17.2 Å². The zero-order chi connectivity index (χ0) is 27.1. The summed E-state index contributed by atoms with van der Waals surface area (Å²) in [5.74, 6) is -0.340. The van der Waals surface area contributed by atoms with Gasteiger partial charge in [-0.05, 0) is 73.5 Å². The molecule has 38 heavy (non-hydrogen) atoms. The molecule has 1 aliphatic heterocycles. The van der Waals surface area contributed by atoms with Crippen molar-refractivity contribution in [2.45, 2.75) is 19.9 Å². The molecule has 3 aromatic carbocycles. The average molecular weight is 531 g/mol. The van der Waals surface area contributed by atoms with Gasteiger partial charge in [-0.2, -0.15) is 0 Å². The Bertz CT molecular complexity index is 1620. The van der Waals surface area contributed by atoms with Gasteiger partial charge in [-0.1, -0.05) is 17.4 Å². The number of thiazole rings is 1.